The molecule has 100 valence electrons. The van der Waals surface area contributed by atoms with Gasteiger partial charge in [0.25, 0.3) is 0 Å². The summed E-state index contributed by atoms with van der Waals surface area (Å²) in [7, 11) is -3.00. The molecule has 3 nitrogen and oxygen atoms in total. The van der Waals surface area contributed by atoms with Crippen LogP contribution in [0, 0.1) is 0 Å². The molecule has 0 aromatic heterocycles. The first kappa shape index (κ1) is 13.4. The number of phenols is 1. The predicted molar refractivity (Wildman–Crippen MR) is 72.6 cm³/mol. The van der Waals surface area contributed by atoms with Gasteiger partial charge in [-0.05, 0) is 30.5 Å². The highest BCUT2D eigenvalue weighted by Gasteiger charge is 2.36. The van der Waals surface area contributed by atoms with E-state index in [1.54, 1.807) is 12.1 Å². The van der Waals surface area contributed by atoms with Crippen molar-refractivity contribution in [1.29, 1.82) is 0 Å². The van der Waals surface area contributed by atoms with E-state index in [9.17, 15) is 13.5 Å². The number of phenolic OH excluding ortho intramolecular Hbond substituents is 1. The molecule has 0 atom stereocenters. The van der Waals surface area contributed by atoms with Crippen LogP contribution < -0.4 is 0 Å². The second-order valence-electron chi connectivity index (χ2n) is 5.46. The molecular formula is C14H20O3S. The van der Waals surface area contributed by atoms with Crippen molar-refractivity contribution in [3.05, 3.63) is 29.8 Å². The quantitative estimate of drug-likeness (QED) is 0.917. The van der Waals surface area contributed by atoms with Gasteiger partial charge in [-0.3, -0.25) is 0 Å². The van der Waals surface area contributed by atoms with E-state index in [0.29, 0.717) is 0 Å². The minimum Gasteiger partial charge on any atom is -0.508 e. The molecule has 1 fully saturated rings. The third kappa shape index (κ3) is 3.05. The fraction of sp³-hybridized carbons (Fsp3) is 0.571. The summed E-state index contributed by atoms with van der Waals surface area (Å²) in [4.78, 5) is 0. The Labute approximate surface area is 109 Å². The van der Waals surface area contributed by atoms with Crippen LogP contribution in [0.15, 0.2) is 24.3 Å². The average Bonchev–Trinajstić information content (AvgIpc) is 2.28. The van der Waals surface area contributed by atoms with Crippen LogP contribution in [0.1, 0.15) is 37.7 Å². The van der Waals surface area contributed by atoms with Crippen molar-refractivity contribution in [3.8, 4) is 5.75 Å². The molecule has 0 aliphatic heterocycles. The molecule has 0 radical (unpaired) electrons. The average molecular weight is 268 g/mol. The summed E-state index contributed by atoms with van der Waals surface area (Å²) in [6.07, 6.45) is 6.50. The van der Waals surface area contributed by atoms with Crippen LogP contribution in [-0.2, 0) is 15.3 Å². The van der Waals surface area contributed by atoms with Gasteiger partial charge in [0.1, 0.15) is 15.6 Å². The highest BCUT2D eigenvalue weighted by Crippen LogP contribution is 2.40. The first-order valence-electron chi connectivity index (χ1n) is 6.39. The zero-order valence-corrected chi connectivity index (χ0v) is 11.5. The van der Waals surface area contributed by atoms with Crippen LogP contribution in [0.25, 0.3) is 0 Å². The van der Waals surface area contributed by atoms with E-state index in [2.05, 4.69) is 0 Å². The van der Waals surface area contributed by atoms with Crippen LogP contribution in [0.5, 0.6) is 5.75 Å². The lowest BCUT2D eigenvalue weighted by molar-refractivity contribution is 0.321. The number of rotatable bonds is 3. The molecule has 1 aromatic rings. The number of hydrogen-bond donors (Lipinski definition) is 1. The standard InChI is InChI=1S/C14H20O3S/c1-18(16,17)11-14(9-3-2-4-10-14)12-5-7-13(15)8-6-12/h5-8,15H,2-4,9-11H2,1H3. The maximum atomic E-state index is 11.7. The third-order valence-corrected chi connectivity index (χ3v) is 4.91. The number of benzene rings is 1. The summed E-state index contributed by atoms with van der Waals surface area (Å²) in [6, 6.07) is 7.03. The van der Waals surface area contributed by atoms with E-state index >= 15 is 0 Å². The first-order chi connectivity index (χ1) is 8.41. The van der Waals surface area contributed by atoms with Gasteiger partial charge < -0.3 is 5.11 Å². The number of sulfone groups is 1. The molecule has 1 aliphatic carbocycles. The zero-order valence-electron chi connectivity index (χ0n) is 10.7. The van der Waals surface area contributed by atoms with Crippen LogP contribution in [0.2, 0.25) is 0 Å². The predicted octanol–water partition coefficient (Wildman–Crippen LogP) is 2.64. The van der Waals surface area contributed by atoms with E-state index in [-0.39, 0.29) is 16.9 Å². The summed E-state index contributed by atoms with van der Waals surface area (Å²) < 4.78 is 23.4. The number of hydrogen-bond acceptors (Lipinski definition) is 3. The Bertz CT molecular complexity index is 496. The highest BCUT2D eigenvalue weighted by molar-refractivity contribution is 7.90. The van der Waals surface area contributed by atoms with Gasteiger partial charge in [0.15, 0.2) is 0 Å². The van der Waals surface area contributed by atoms with Gasteiger partial charge in [-0.2, -0.15) is 0 Å². The van der Waals surface area contributed by atoms with Gasteiger partial charge in [0.05, 0.1) is 5.75 Å². The van der Waals surface area contributed by atoms with Gasteiger partial charge in [-0.1, -0.05) is 31.4 Å². The molecule has 1 aliphatic rings. The summed E-state index contributed by atoms with van der Waals surface area (Å²) in [5.41, 5.74) is 0.796. The van der Waals surface area contributed by atoms with E-state index in [0.717, 1.165) is 31.2 Å². The minimum atomic E-state index is -3.00. The van der Waals surface area contributed by atoms with Crippen molar-refractivity contribution in [2.24, 2.45) is 0 Å². The molecule has 2 rings (SSSR count). The molecule has 0 saturated heterocycles. The lowest BCUT2D eigenvalue weighted by atomic mass is 9.71. The summed E-state index contributed by atoms with van der Waals surface area (Å²) in [6.45, 7) is 0. The lowest BCUT2D eigenvalue weighted by Gasteiger charge is -2.37. The van der Waals surface area contributed by atoms with E-state index in [1.165, 1.54) is 12.7 Å². The molecule has 4 heteroatoms. The van der Waals surface area contributed by atoms with Gasteiger partial charge in [0.2, 0.25) is 0 Å². The SMILES string of the molecule is CS(=O)(=O)CC1(c2ccc(O)cc2)CCCCC1. The largest absolute Gasteiger partial charge is 0.508 e. The van der Waals surface area contributed by atoms with Gasteiger partial charge >= 0.3 is 0 Å². The van der Waals surface area contributed by atoms with E-state index in [4.69, 9.17) is 0 Å². The highest BCUT2D eigenvalue weighted by atomic mass is 32.2. The van der Waals surface area contributed by atoms with Crippen molar-refractivity contribution < 1.29 is 13.5 Å². The normalized spacial score (nSPS) is 19.6. The van der Waals surface area contributed by atoms with Crippen LogP contribution in [-0.4, -0.2) is 25.5 Å². The van der Waals surface area contributed by atoms with Crippen LogP contribution >= 0.6 is 0 Å². The Hall–Kier alpha value is -1.03. The lowest BCUT2D eigenvalue weighted by Crippen LogP contribution is -2.36. The van der Waals surface area contributed by atoms with Gasteiger partial charge in [0, 0.05) is 11.7 Å². The molecule has 0 bridgehead atoms. The molecule has 1 N–H and O–H groups in total. The maximum Gasteiger partial charge on any atom is 0.148 e. The molecule has 1 saturated carbocycles. The van der Waals surface area contributed by atoms with Crippen molar-refractivity contribution in [1.82, 2.24) is 0 Å². The van der Waals surface area contributed by atoms with Crippen molar-refractivity contribution >= 4 is 9.84 Å². The monoisotopic (exact) mass is 268 g/mol. The van der Waals surface area contributed by atoms with Crippen molar-refractivity contribution in [2.75, 3.05) is 12.0 Å². The van der Waals surface area contributed by atoms with Crippen LogP contribution in [0.3, 0.4) is 0 Å². The second-order valence-corrected chi connectivity index (χ2v) is 7.60. The van der Waals surface area contributed by atoms with E-state index in [1.807, 2.05) is 12.1 Å². The Kier molecular flexibility index (Phi) is 3.66. The number of aromatic hydroxyl groups is 1. The third-order valence-electron chi connectivity index (χ3n) is 3.83. The van der Waals surface area contributed by atoms with Crippen molar-refractivity contribution in [3.63, 3.8) is 0 Å². The summed E-state index contributed by atoms with van der Waals surface area (Å²) in [5.74, 6) is 0.439. The minimum absolute atomic E-state index is 0.213. The summed E-state index contributed by atoms with van der Waals surface area (Å²) >= 11 is 0. The zero-order chi connectivity index (χ0) is 13.2. The topological polar surface area (TPSA) is 54.4 Å². The first-order valence-corrected chi connectivity index (χ1v) is 8.45. The fourth-order valence-corrected chi connectivity index (χ4v) is 4.52. The van der Waals surface area contributed by atoms with Gasteiger partial charge in [-0.25, -0.2) is 8.42 Å². The molecule has 0 heterocycles. The van der Waals surface area contributed by atoms with Gasteiger partial charge in [-0.15, -0.1) is 0 Å². The maximum absolute atomic E-state index is 11.7. The second kappa shape index (κ2) is 4.92. The molecule has 0 unspecified atom stereocenters. The van der Waals surface area contributed by atoms with Crippen LogP contribution in [0.4, 0.5) is 0 Å². The molecule has 0 amide bonds. The Morgan fingerprint density at radius 1 is 1.11 bits per heavy atom. The Morgan fingerprint density at radius 3 is 2.17 bits per heavy atom. The fourth-order valence-electron chi connectivity index (χ4n) is 3.06. The molecule has 1 aromatic carbocycles. The van der Waals surface area contributed by atoms with E-state index < -0.39 is 9.84 Å². The van der Waals surface area contributed by atoms with Crippen molar-refractivity contribution in [2.45, 2.75) is 37.5 Å². The molecule has 18 heavy (non-hydrogen) atoms. The molecular weight excluding hydrogens is 248 g/mol. The smallest absolute Gasteiger partial charge is 0.148 e. The Balaban J connectivity index is 2.38. The molecule has 0 spiro atoms. The summed E-state index contributed by atoms with van der Waals surface area (Å²) in [5, 5.41) is 9.35. The Morgan fingerprint density at radius 2 is 1.67 bits per heavy atom.